The fourth-order valence-corrected chi connectivity index (χ4v) is 4.38. The quantitative estimate of drug-likeness (QED) is 0.191. The van der Waals surface area contributed by atoms with Gasteiger partial charge in [-0.2, -0.15) is 0 Å². The van der Waals surface area contributed by atoms with Gasteiger partial charge in [0.15, 0.2) is 0 Å². The van der Waals surface area contributed by atoms with Crippen LogP contribution in [0.4, 0.5) is 9.59 Å². The van der Waals surface area contributed by atoms with E-state index in [1.165, 1.54) is 0 Å². The van der Waals surface area contributed by atoms with E-state index < -0.39 is 35.7 Å². The van der Waals surface area contributed by atoms with E-state index in [-0.39, 0.29) is 12.3 Å². The number of aryl methyl sites for hydroxylation is 1. The zero-order chi connectivity index (χ0) is 31.0. The van der Waals surface area contributed by atoms with Gasteiger partial charge in [-0.25, -0.2) is 9.59 Å². The van der Waals surface area contributed by atoms with Gasteiger partial charge >= 0.3 is 12.1 Å². The number of alkyl carbamates (subject to hydrolysis) is 1. The number of hydrogen-bond acceptors (Lipinski definition) is 5. The van der Waals surface area contributed by atoms with E-state index >= 15 is 0 Å². The first kappa shape index (κ1) is 34.1. The molecule has 0 bridgehead atoms. The number of carbonyl (C=O) groups excluding carboxylic acids is 4. The Morgan fingerprint density at radius 2 is 1.31 bits per heavy atom. The summed E-state index contributed by atoms with van der Waals surface area (Å²) in [5.74, 6) is -0.754. The number of carbonyl (C=O) groups is 4. The normalized spacial score (nSPS) is 12.5. The van der Waals surface area contributed by atoms with Gasteiger partial charge in [-0.15, -0.1) is 0 Å². The summed E-state index contributed by atoms with van der Waals surface area (Å²) in [6, 6.07) is 14.8. The van der Waals surface area contributed by atoms with Crippen LogP contribution in [-0.2, 0) is 27.2 Å². The summed E-state index contributed by atoms with van der Waals surface area (Å²) in [6.45, 7) is 8.25. The first-order chi connectivity index (χ1) is 19.9. The monoisotopic (exact) mass is 581 g/mol. The fourth-order valence-electron chi connectivity index (χ4n) is 4.38. The van der Waals surface area contributed by atoms with Crippen molar-refractivity contribution in [1.29, 1.82) is 0 Å². The first-order valence-corrected chi connectivity index (χ1v) is 14.6. The molecule has 0 saturated carbocycles. The number of nitrogens with one attached hydrogen (secondary N) is 4. The number of unbranched alkanes of at least 4 members (excludes halogenated alkanes) is 4. The minimum atomic E-state index is -0.946. The molecule has 0 saturated heterocycles. The second-order valence-electron chi connectivity index (χ2n) is 11.4. The van der Waals surface area contributed by atoms with Gasteiger partial charge in [0.05, 0.1) is 0 Å². The van der Waals surface area contributed by atoms with Gasteiger partial charge in [0.25, 0.3) is 0 Å². The number of rotatable bonds is 16. The largest absolute Gasteiger partial charge is 0.444 e. The molecule has 2 rings (SSSR count). The molecular formula is C32H47N5O5. The van der Waals surface area contributed by atoms with E-state index in [1.54, 1.807) is 20.8 Å². The van der Waals surface area contributed by atoms with Gasteiger partial charge in [0.1, 0.15) is 17.7 Å². The number of amides is 5. The van der Waals surface area contributed by atoms with Crippen molar-refractivity contribution >= 4 is 23.9 Å². The van der Waals surface area contributed by atoms with E-state index in [0.717, 1.165) is 48.8 Å². The Kier molecular flexibility index (Phi) is 14.4. The van der Waals surface area contributed by atoms with Gasteiger partial charge in [0.2, 0.25) is 11.8 Å². The molecule has 230 valence electrons. The molecule has 2 aromatic carbocycles. The van der Waals surface area contributed by atoms with Crippen LogP contribution in [0.2, 0.25) is 0 Å². The molecule has 0 aliphatic carbocycles. The molecule has 42 heavy (non-hydrogen) atoms. The summed E-state index contributed by atoms with van der Waals surface area (Å²) in [4.78, 5) is 50.3. The van der Waals surface area contributed by atoms with Gasteiger partial charge in [-0.3, -0.25) is 9.59 Å². The molecule has 0 heterocycles. The Morgan fingerprint density at radius 1 is 0.738 bits per heavy atom. The number of ether oxygens (including phenoxy) is 1. The van der Waals surface area contributed by atoms with Gasteiger partial charge < -0.3 is 31.7 Å². The standard InChI is InChI=1S/C32H47N5O5/c1-23-15-11-12-18-25(23)22-27(28(38)34-19-13-6-5-7-14-20-35-30(33)40)36-29(39)26(21-24-16-9-8-10-17-24)37-31(41)42-32(2,3)4/h8-12,15-18,26-27H,5-7,13-14,19-22H2,1-4H3,(H,34,38)(H,36,39)(H,37,41)(H3,33,35,40)/t26-,27+/m0/s1. The number of hydrogen-bond donors (Lipinski definition) is 5. The molecule has 2 atom stereocenters. The fraction of sp³-hybridized carbons (Fsp3) is 0.500. The molecule has 6 N–H and O–H groups in total. The lowest BCUT2D eigenvalue weighted by Crippen LogP contribution is -2.55. The van der Waals surface area contributed by atoms with E-state index in [2.05, 4.69) is 21.3 Å². The van der Waals surface area contributed by atoms with E-state index in [4.69, 9.17) is 10.5 Å². The van der Waals surface area contributed by atoms with Crippen molar-refractivity contribution in [2.45, 2.75) is 90.3 Å². The second-order valence-corrected chi connectivity index (χ2v) is 11.4. The molecule has 0 radical (unpaired) electrons. The predicted molar refractivity (Wildman–Crippen MR) is 164 cm³/mol. The lowest BCUT2D eigenvalue weighted by molar-refractivity contribution is -0.130. The topological polar surface area (TPSA) is 152 Å². The molecule has 0 aliphatic rings. The average molecular weight is 582 g/mol. The molecule has 10 heteroatoms. The highest BCUT2D eigenvalue weighted by molar-refractivity contribution is 5.91. The van der Waals surface area contributed by atoms with Crippen molar-refractivity contribution in [2.75, 3.05) is 13.1 Å². The van der Waals surface area contributed by atoms with E-state index in [0.29, 0.717) is 19.5 Å². The molecule has 5 amide bonds. The van der Waals surface area contributed by atoms with Gasteiger partial charge in [0, 0.05) is 25.9 Å². The van der Waals surface area contributed by atoms with Crippen molar-refractivity contribution in [2.24, 2.45) is 5.73 Å². The molecule has 0 fully saturated rings. The van der Waals surface area contributed by atoms with Crippen LogP contribution in [0.5, 0.6) is 0 Å². The summed E-state index contributed by atoms with van der Waals surface area (Å²) in [5.41, 5.74) is 7.16. The van der Waals surface area contributed by atoms with Crippen LogP contribution in [-0.4, -0.2) is 54.7 Å². The number of urea groups is 1. The maximum Gasteiger partial charge on any atom is 0.408 e. The Morgan fingerprint density at radius 3 is 1.93 bits per heavy atom. The first-order valence-electron chi connectivity index (χ1n) is 14.6. The highest BCUT2D eigenvalue weighted by atomic mass is 16.6. The summed E-state index contributed by atoms with van der Waals surface area (Å²) in [5, 5.41) is 11.1. The van der Waals surface area contributed by atoms with Crippen molar-refractivity contribution in [3.8, 4) is 0 Å². The highest BCUT2D eigenvalue weighted by Crippen LogP contribution is 2.12. The summed E-state index contributed by atoms with van der Waals surface area (Å²) in [6.07, 6.45) is 4.32. The summed E-state index contributed by atoms with van der Waals surface area (Å²) >= 11 is 0. The minimum Gasteiger partial charge on any atom is -0.444 e. The number of benzene rings is 2. The molecular weight excluding hydrogens is 534 g/mol. The smallest absolute Gasteiger partial charge is 0.408 e. The highest BCUT2D eigenvalue weighted by Gasteiger charge is 2.29. The van der Waals surface area contributed by atoms with E-state index in [1.807, 2.05) is 61.5 Å². The third kappa shape index (κ3) is 14.0. The zero-order valence-corrected chi connectivity index (χ0v) is 25.3. The lowest BCUT2D eigenvalue weighted by Gasteiger charge is -2.25. The van der Waals surface area contributed by atoms with Crippen LogP contribution >= 0.6 is 0 Å². The number of primary amides is 1. The Hall–Kier alpha value is -4.08. The minimum absolute atomic E-state index is 0.236. The van der Waals surface area contributed by atoms with Crippen molar-refractivity contribution < 1.29 is 23.9 Å². The van der Waals surface area contributed by atoms with Gasteiger partial charge in [-0.05, 0) is 57.2 Å². The van der Waals surface area contributed by atoms with Crippen LogP contribution in [0.3, 0.4) is 0 Å². The SMILES string of the molecule is Cc1ccccc1C[C@@H](NC(=O)[C@H](Cc1ccccc1)NC(=O)OC(C)(C)C)C(=O)NCCCCCCCNC(N)=O. The maximum absolute atomic E-state index is 13.6. The summed E-state index contributed by atoms with van der Waals surface area (Å²) in [7, 11) is 0. The third-order valence-electron chi connectivity index (χ3n) is 6.56. The van der Waals surface area contributed by atoms with Crippen LogP contribution in [0.1, 0.15) is 69.6 Å². The van der Waals surface area contributed by atoms with Crippen molar-refractivity contribution in [3.63, 3.8) is 0 Å². The Balaban J connectivity index is 2.06. The van der Waals surface area contributed by atoms with Crippen molar-refractivity contribution in [3.05, 3.63) is 71.3 Å². The maximum atomic E-state index is 13.6. The molecule has 0 aromatic heterocycles. The zero-order valence-electron chi connectivity index (χ0n) is 25.3. The van der Waals surface area contributed by atoms with Crippen LogP contribution < -0.4 is 27.0 Å². The second kappa shape index (κ2) is 17.7. The summed E-state index contributed by atoms with van der Waals surface area (Å²) < 4.78 is 5.40. The van der Waals surface area contributed by atoms with E-state index in [9.17, 15) is 19.2 Å². The van der Waals surface area contributed by atoms with Crippen molar-refractivity contribution in [1.82, 2.24) is 21.3 Å². The molecule has 10 nitrogen and oxygen atoms in total. The molecule has 0 aliphatic heterocycles. The number of nitrogens with two attached hydrogens (primary N) is 1. The Bertz CT molecular complexity index is 1150. The van der Waals surface area contributed by atoms with Crippen LogP contribution in [0.25, 0.3) is 0 Å². The van der Waals surface area contributed by atoms with Crippen LogP contribution in [0.15, 0.2) is 54.6 Å². The lowest BCUT2D eigenvalue weighted by atomic mass is 9.99. The Labute approximate surface area is 249 Å². The average Bonchev–Trinajstić information content (AvgIpc) is 2.91. The molecule has 2 aromatic rings. The predicted octanol–water partition coefficient (Wildman–Crippen LogP) is 3.89. The molecule has 0 spiro atoms. The third-order valence-corrected chi connectivity index (χ3v) is 6.56. The van der Waals surface area contributed by atoms with Gasteiger partial charge in [-0.1, -0.05) is 73.9 Å². The van der Waals surface area contributed by atoms with Crippen LogP contribution in [0, 0.1) is 6.92 Å². The molecule has 0 unspecified atom stereocenters.